The summed E-state index contributed by atoms with van der Waals surface area (Å²) in [6, 6.07) is 3.59. The number of carbonyl (C=O) groups is 2. The average molecular weight is 409 g/mol. The summed E-state index contributed by atoms with van der Waals surface area (Å²) in [7, 11) is 0. The largest absolute Gasteiger partial charge is 0.364 e. The number of hydrogen-bond donors (Lipinski definition) is 3. The van der Waals surface area contributed by atoms with Crippen molar-refractivity contribution in [3.8, 4) is 11.3 Å². The number of thiazole rings is 1. The van der Waals surface area contributed by atoms with E-state index in [2.05, 4.69) is 25.4 Å². The van der Waals surface area contributed by atoms with E-state index in [0.29, 0.717) is 27.8 Å². The Bertz CT molecular complexity index is 1230. The number of aromatic nitrogens is 5. The van der Waals surface area contributed by atoms with Gasteiger partial charge in [0.2, 0.25) is 0 Å². The number of aromatic amines is 1. The monoisotopic (exact) mass is 409 g/mol. The van der Waals surface area contributed by atoms with Crippen LogP contribution in [0.25, 0.3) is 22.3 Å². The Kier molecular flexibility index (Phi) is 4.63. The summed E-state index contributed by atoms with van der Waals surface area (Å²) in [6.45, 7) is 5.85. The molecule has 9 nitrogen and oxygen atoms in total. The molecule has 4 heterocycles. The van der Waals surface area contributed by atoms with E-state index < -0.39 is 5.91 Å². The third-order valence-electron chi connectivity index (χ3n) is 4.46. The predicted octanol–water partition coefficient (Wildman–Crippen LogP) is 3.12. The van der Waals surface area contributed by atoms with Gasteiger partial charge in [-0.1, -0.05) is 0 Å². The fourth-order valence-electron chi connectivity index (χ4n) is 2.99. The summed E-state index contributed by atoms with van der Waals surface area (Å²) in [5, 5.41) is 10.2. The minimum absolute atomic E-state index is 0.177. The zero-order valence-corrected chi connectivity index (χ0v) is 16.9. The van der Waals surface area contributed by atoms with E-state index in [9.17, 15) is 9.59 Å². The number of aryl methyl sites for hydroxylation is 1. The molecule has 0 radical (unpaired) electrons. The third-order valence-corrected chi connectivity index (χ3v) is 5.22. The Morgan fingerprint density at radius 1 is 1.28 bits per heavy atom. The summed E-state index contributed by atoms with van der Waals surface area (Å²) in [6.07, 6.45) is 3.36. The van der Waals surface area contributed by atoms with Crippen LogP contribution in [0.3, 0.4) is 0 Å². The van der Waals surface area contributed by atoms with E-state index in [1.165, 1.54) is 11.3 Å². The van der Waals surface area contributed by atoms with Crippen LogP contribution in [0, 0.1) is 6.92 Å². The molecule has 0 spiro atoms. The van der Waals surface area contributed by atoms with Crippen LogP contribution in [-0.2, 0) is 0 Å². The van der Waals surface area contributed by atoms with Crippen LogP contribution >= 0.6 is 11.3 Å². The SMILES string of the molecule is Cc1nc2c(cnn2C(C)C)cc1C(=O)Nc1nc(-c2c[nH]c(C(N)=O)c2)cs1. The highest BCUT2D eigenvalue weighted by Crippen LogP contribution is 2.26. The van der Waals surface area contributed by atoms with Crippen molar-refractivity contribution in [2.75, 3.05) is 5.32 Å². The number of hydrogen-bond acceptors (Lipinski definition) is 6. The number of fused-ring (bicyclic) bond motifs is 1. The van der Waals surface area contributed by atoms with Crippen molar-refractivity contribution in [3.05, 3.63) is 46.9 Å². The molecular formula is C19H19N7O2S. The lowest BCUT2D eigenvalue weighted by Crippen LogP contribution is -2.14. The van der Waals surface area contributed by atoms with Gasteiger partial charge in [0.1, 0.15) is 5.69 Å². The first-order valence-corrected chi connectivity index (χ1v) is 9.81. The van der Waals surface area contributed by atoms with Crippen LogP contribution in [0.1, 0.15) is 46.4 Å². The second-order valence-corrected chi connectivity index (χ2v) is 7.73. The van der Waals surface area contributed by atoms with Gasteiger partial charge in [-0.05, 0) is 32.9 Å². The molecule has 0 fully saturated rings. The van der Waals surface area contributed by atoms with Crippen molar-refractivity contribution < 1.29 is 9.59 Å². The molecule has 0 aromatic carbocycles. The first-order valence-electron chi connectivity index (χ1n) is 8.94. The van der Waals surface area contributed by atoms with Crippen LogP contribution in [0.15, 0.2) is 29.9 Å². The highest BCUT2D eigenvalue weighted by molar-refractivity contribution is 7.14. The molecule has 0 aliphatic rings. The molecule has 0 bridgehead atoms. The third kappa shape index (κ3) is 3.49. The first-order chi connectivity index (χ1) is 13.8. The molecule has 10 heteroatoms. The van der Waals surface area contributed by atoms with E-state index in [0.717, 1.165) is 16.6 Å². The van der Waals surface area contributed by atoms with E-state index in [1.54, 1.807) is 36.8 Å². The van der Waals surface area contributed by atoms with Gasteiger partial charge in [0.25, 0.3) is 11.8 Å². The lowest BCUT2D eigenvalue weighted by Gasteiger charge is -2.09. The fraction of sp³-hybridized carbons (Fsp3) is 0.211. The number of nitrogens with zero attached hydrogens (tertiary/aromatic N) is 4. The van der Waals surface area contributed by atoms with Crippen LogP contribution in [0.5, 0.6) is 0 Å². The van der Waals surface area contributed by atoms with Gasteiger partial charge in [-0.25, -0.2) is 14.6 Å². The lowest BCUT2D eigenvalue weighted by molar-refractivity contribution is 0.0993. The molecule has 0 saturated carbocycles. The van der Waals surface area contributed by atoms with E-state index in [-0.39, 0.29) is 11.9 Å². The number of anilines is 1. The van der Waals surface area contributed by atoms with Crippen LogP contribution < -0.4 is 11.1 Å². The molecule has 148 valence electrons. The van der Waals surface area contributed by atoms with Gasteiger partial charge >= 0.3 is 0 Å². The average Bonchev–Trinajstić information content (AvgIpc) is 3.39. The van der Waals surface area contributed by atoms with Crippen molar-refractivity contribution in [2.24, 2.45) is 5.73 Å². The maximum absolute atomic E-state index is 12.8. The standard InChI is InChI=1S/C19H19N7O2S/c1-9(2)26-17-12(7-22-26)4-13(10(3)23-17)18(28)25-19-24-15(8-29-19)11-5-14(16(20)27)21-6-11/h4-9,21H,1-3H3,(H2,20,27)(H,24,25,28). The summed E-state index contributed by atoms with van der Waals surface area (Å²) in [4.78, 5) is 35.8. The van der Waals surface area contributed by atoms with E-state index in [1.807, 2.05) is 18.5 Å². The number of nitrogens with two attached hydrogens (primary N) is 1. The Hall–Kier alpha value is -3.53. The van der Waals surface area contributed by atoms with Crippen molar-refractivity contribution in [3.63, 3.8) is 0 Å². The normalized spacial score (nSPS) is 11.3. The zero-order chi connectivity index (χ0) is 20.7. The smallest absolute Gasteiger partial charge is 0.265 e. The first kappa shape index (κ1) is 18.8. The Balaban J connectivity index is 1.57. The maximum Gasteiger partial charge on any atom is 0.265 e. The number of H-pyrrole nitrogens is 1. The number of nitrogens with one attached hydrogen (secondary N) is 2. The quantitative estimate of drug-likeness (QED) is 0.466. The molecule has 2 amide bonds. The minimum atomic E-state index is -0.542. The van der Waals surface area contributed by atoms with Crippen molar-refractivity contribution in [2.45, 2.75) is 26.8 Å². The Morgan fingerprint density at radius 2 is 2.07 bits per heavy atom. The number of carbonyl (C=O) groups excluding carboxylic acids is 2. The minimum Gasteiger partial charge on any atom is -0.364 e. The Morgan fingerprint density at radius 3 is 2.76 bits per heavy atom. The van der Waals surface area contributed by atoms with Gasteiger partial charge < -0.3 is 10.7 Å². The van der Waals surface area contributed by atoms with Gasteiger partial charge in [-0.2, -0.15) is 5.10 Å². The molecule has 0 atom stereocenters. The second-order valence-electron chi connectivity index (χ2n) is 6.88. The zero-order valence-electron chi connectivity index (χ0n) is 16.1. The maximum atomic E-state index is 12.8. The van der Waals surface area contributed by atoms with Crippen LogP contribution in [0.2, 0.25) is 0 Å². The molecule has 4 aromatic heterocycles. The number of primary amides is 1. The molecule has 4 N–H and O–H groups in total. The number of rotatable bonds is 5. The lowest BCUT2D eigenvalue weighted by atomic mass is 10.1. The van der Waals surface area contributed by atoms with E-state index in [4.69, 9.17) is 5.73 Å². The summed E-state index contributed by atoms with van der Waals surface area (Å²) in [5.74, 6) is -0.832. The molecule has 29 heavy (non-hydrogen) atoms. The molecule has 0 saturated heterocycles. The molecule has 0 unspecified atom stereocenters. The highest BCUT2D eigenvalue weighted by atomic mass is 32.1. The van der Waals surface area contributed by atoms with Gasteiger partial charge in [-0.15, -0.1) is 11.3 Å². The summed E-state index contributed by atoms with van der Waals surface area (Å²) in [5.41, 5.74) is 8.75. The highest BCUT2D eigenvalue weighted by Gasteiger charge is 2.17. The number of pyridine rings is 1. The van der Waals surface area contributed by atoms with E-state index >= 15 is 0 Å². The molecule has 4 rings (SSSR count). The van der Waals surface area contributed by atoms with Crippen molar-refractivity contribution >= 4 is 39.3 Å². The van der Waals surface area contributed by atoms with Gasteiger partial charge in [0.05, 0.1) is 23.1 Å². The van der Waals surface area contributed by atoms with Crippen molar-refractivity contribution in [1.29, 1.82) is 0 Å². The van der Waals surface area contributed by atoms with Gasteiger partial charge in [-0.3, -0.25) is 14.9 Å². The summed E-state index contributed by atoms with van der Waals surface area (Å²) < 4.78 is 1.83. The second kappa shape index (κ2) is 7.13. The van der Waals surface area contributed by atoms with Crippen LogP contribution in [0.4, 0.5) is 5.13 Å². The van der Waals surface area contributed by atoms with Crippen molar-refractivity contribution in [1.82, 2.24) is 24.7 Å². The van der Waals surface area contributed by atoms with Gasteiger partial charge in [0.15, 0.2) is 10.8 Å². The molecule has 0 aliphatic carbocycles. The fourth-order valence-corrected chi connectivity index (χ4v) is 3.70. The number of amides is 2. The van der Waals surface area contributed by atoms with Gasteiger partial charge in [0, 0.05) is 28.6 Å². The predicted molar refractivity (Wildman–Crippen MR) is 111 cm³/mol. The topological polar surface area (TPSA) is 132 Å². The molecular weight excluding hydrogens is 390 g/mol. The Labute approximate surface area is 170 Å². The van der Waals surface area contributed by atoms with Crippen LogP contribution in [-0.4, -0.2) is 36.5 Å². The molecule has 0 aliphatic heterocycles. The summed E-state index contributed by atoms with van der Waals surface area (Å²) >= 11 is 1.29. The molecule has 4 aromatic rings.